The monoisotopic (exact) mass is 272 g/mol. The Morgan fingerprint density at radius 1 is 1.30 bits per heavy atom. The summed E-state index contributed by atoms with van der Waals surface area (Å²) in [7, 11) is 0. The van der Waals surface area contributed by atoms with Crippen molar-refractivity contribution in [3.8, 4) is 5.69 Å². The van der Waals surface area contributed by atoms with Gasteiger partial charge in [-0.05, 0) is 44.0 Å². The standard InChI is InChI=1S/C15H16N2O3/c1-4-20-15(19)14-12(9-18)8-17(16-14)13-6-10(2)5-11(3)7-13/h5-9H,4H2,1-3H3. The quantitative estimate of drug-likeness (QED) is 0.633. The van der Waals surface area contributed by atoms with E-state index in [4.69, 9.17) is 4.74 Å². The van der Waals surface area contributed by atoms with Crippen molar-refractivity contribution < 1.29 is 14.3 Å². The average Bonchev–Trinajstić information content (AvgIpc) is 2.82. The smallest absolute Gasteiger partial charge is 0.359 e. The summed E-state index contributed by atoms with van der Waals surface area (Å²) in [6, 6.07) is 5.91. The fraction of sp³-hybridized carbons (Fsp3) is 0.267. The first-order valence-electron chi connectivity index (χ1n) is 6.35. The molecule has 0 N–H and O–H groups in total. The largest absolute Gasteiger partial charge is 0.461 e. The van der Waals surface area contributed by atoms with Crippen LogP contribution in [0, 0.1) is 13.8 Å². The average molecular weight is 272 g/mol. The van der Waals surface area contributed by atoms with E-state index in [2.05, 4.69) is 5.10 Å². The summed E-state index contributed by atoms with van der Waals surface area (Å²) in [6.07, 6.45) is 2.14. The molecule has 0 bridgehead atoms. The summed E-state index contributed by atoms with van der Waals surface area (Å²) >= 11 is 0. The molecule has 0 spiro atoms. The van der Waals surface area contributed by atoms with Gasteiger partial charge in [0.1, 0.15) is 0 Å². The Balaban J connectivity index is 2.48. The summed E-state index contributed by atoms with van der Waals surface area (Å²) in [4.78, 5) is 22.8. The molecule has 0 radical (unpaired) electrons. The van der Waals surface area contributed by atoms with Gasteiger partial charge in [-0.2, -0.15) is 5.10 Å². The van der Waals surface area contributed by atoms with Crippen LogP contribution in [0.1, 0.15) is 38.9 Å². The third kappa shape index (κ3) is 2.77. The second-order valence-corrected chi connectivity index (χ2v) is 4.56. The second kappa shape index (κ2) is 5.69. The van der Waals surface area contributed by atoms with Crippen LogP contribution in [0.2, 0.25) is 0 Å². The number of hydrogen-bond donors (Lipinski definition) is 0. The number of carbonyl (C=O) groups excluding carboxylic acids is 2. The molecular weight excluding hydrogens is 256 g/mol. The molecular formula is C15H16N2O3. The summed E-state index contributed by atoms with van der Waals surface area (Å²) in [5.74, 6) is -0.585. The lowest BCUT2D eigenvalue weighted by molar-refractivity contribution is 0.0517. The Hall–Kier alpha value is -2.43. The Bertz CT molecular complexity index is 639. The molecule has 104 valence electrons. The number of rotatable bonds is 4. The fourth-order valence-electron chi connectivity index (χ4n) is 2.05. The molecule has 0 unspecified atom stereocenters. The maximum Gasteiger partial charge on any atom is 0.359 e. The van der Waals surface area contributed by atoms with Crippen LogP contribution in [-0.2, 0) is 4.74 Å². The molecule has 0 aliphatic heterocycles. The highest BCUT2D eigenvalue weighted by molar-refractivity contribution is 5.96. The Morgan fingerprint density at radius 2 is 1.95 bits per heavy atom. The number of benzene rings is 1. The minimum Gasteiger partial charge on any atom is -0.461 e. The molecule has 0 aliphatic carbocycles. The highest BCUT2D eigenvalue weighted by Crippen LogP contribution is 2.15. The van der Waals surface area contributed by atoms with Crippen LogP contribution in [-0.4, -0.2) is 28.6 Å². The maximum absolute atomic E-state index is 11.7. The molecule has 5 heteroatoms. The van der Waals surface area contributed by atoms with Gasteiger partial charge in [0.05, 0.1) is 17.9 Å². The molecule has 20 heavy (non-hydrogen) atoms. The van der Waals surface area contributed by atoms with E-state index in [9.17, 15) is 9.59 Å². The van der Waals surface area contributed by atoms with Crippen LogP contribution in [0.4, 0.5) is 0 Å². The van der Waals surface area contributed by atoms with E-state index in [1.165, 1.54) is 10.9 Å². The molecule has 0 saturated carbocycles. The molecule has 5 nitrogen and oxygen atoms in total. The minimum absolute atomic E-state index is 0.0426. The van der Waals surface area contributed by atoms with Gasteiger partial charge in [-0.1, -0.05) is 6.07 Å². The zero-order valence-corrected chi connectivity index (χ0v) is 11.7. The predicted octanol–water partition coefficient (Wildman–Crippen LogP) is 2.48. The topological polar surface area (TPSA) is 61.2 Å². The fourth-order valence-corrected chi connectivity index (χ4v) is 2.05. The van der Waals surface area contributed by atoms with E-state index in [0.717, 1.165) is 16.8 Å². The Morgan fingerprint density at radius 3 is 2.50 bits per heavy atom. The van der Waals surface area contributed by atoms with Crippen molar-refractivity contribution in [2.75, 3.05) is 6.61 Å². The summed E-state index contributed by atoms with van der Waals surface area (Å²) in [5.41, 5.74) is 3.24. The number of aromatic nitrogens is 2. The van der Waals surface area contributed by atoms with Crippen LogP contribution in [0.25, 0.3) is 5.69 Å². The van der Waals surface area contributed by atoms with Crippen LogP contribution in [0.5, 0.6) is 0 Å². The van der Waals surface area contributed by atoms with Gasteiger partial charge in [0.15, 0.2) is 12.0 Å². The normalized spacial score (nSPS) is 10.3. The second-order valence-electron chi connectivity index (χ2n) is 4.56. The van der Waals surface area contributed by atoms with E-state index in [1.54, 1.807) is 6.92 Å². The van der Waals surface area contributed by atoms with Gasteiger partial charge in [-0.15, -0.1) is 0 Å². The van der Waals surface area contributed by atoms with Crippen LogP contribution >= 0.6 is 0 Å². The molecule has 0 aliphatic rings. The van der Waals surface area contributed by atoms with Gasteiger partial charge < -0.3 is 4.74 Å². The molecule has 1 aromatic carbocycles. The summed E-state index contributed by atoms with van der Waals surface area (Å²) < 4.78 is 6.42. The van der Waals surface area contributed by atoms with Gasteiger partial charge in [0, 0.05) is 6.20 Å². The molecule has 2 rings (SSSR count). The lowest BCUT2D eigenvalue weighted by Gasteiger charge is -2.04. The molecule has 0 fully saturated rings. The van der Waals surface area contributed by atoms with Gasteiger partial charge in [0.25, 0.3) is 0 Å². The molecule has 1 heterocycles. The van der Waals surface area contributed by atoms with Crippen molar-refractivity contribution in [1.82, 2.24) is 9.78 Å². The summed E-state index contributed by atoms with van der Waals surface area (Å²) in [6.45, 7) is 5.91. The first-order valence-corrected chi connectivity index (χ1v) is 6.35. The lowest BCUT2D eigenvalue weighted by atomic mass is 10.1. The van der Waals surface area contributed by atoms with E-state index < -0.39 is 5.97 Å². The van der Waals surface area contributed by atoms with Crippen molar-refractivity contribution >= 4 is 12.3 Å². The van der Waals surface area contributed by atoms with Gasteiger partial charge >= 0.3 is 5.97 Å². The van der Waals surface area contributed by atoms with E-state index in [-0.39, 0.29) is 17.9 Å². The lowest BCUT2D eigenvalue weighted by Crippen LogP contribution is -2.08. The molecule has 0 saturated heterocycles. The molecule has 1 aromatic heterocycles. The van der Waals surface area contributed by atoms with E-state index in [1.807, 2.05) is 32.0 Å². The number of aldehydes is 1. The molecule has 2 aromatic rings. The third-order valence-corrected chi connectivity index (χ3v) is 2.81. The first-order chi connectivity index (χ1) is 9.55. The van der Waals surface area contributed by atoms with Gasteiger partial charge in [-0.3, -0.25) is 4.79 Å². The molecule has 0 atom stereocenters. The number of carbonyl (C=O) groups is 2. The third-order valence-electron chi connectivity index (χ3n) is 2.81. The van der Waals surface area contributed by atoms with Crippen LogP contribution in [0.3, 0.4) is 0 Å². The highest BCUT2D eigenvalue weighted by Gasteiger charge is 2.18. The van der Waals surface area contributed by atoms with Crippen molar-refractivity contribution in [2.24, 2.45) is 0 Å². The van der Waals surface area contributed by atoms with Crippen molar-refractivity contribution in [3.63, 3.8) is 0 Å². The minimum atomic E-state index is -0.585. The zero-order chi connectivity index (χ0) is 14.7. The zero-order valence-electron chi connectivity index (χ0n) is 11.7. The SMILES string of the molecule is CCOC(=O)c1nn(-c2cc(C)cc(C)c2)cc1C=O. The van der Waals surface area contributed by atoms with E-state index >= 15 is 0 Å². The number of ether oxygens (including phenoxy) is 1. The van der Waals surface area contributed by atoms with Crippen molar-refractivity contribution in [3.05, 3.63) is 46.8 Å². The van der Waals surface area contributed by atoms with E-state index in [0.29, 0.717) is 6.29 Å². The van der Waals surface area contributed by atoms with Crippen molar-refractivity contribution in [1.29, 1.82) is 0 Å². The van der Waals surface area contributed by atoms with Gasteiger partial charge in [0.2, 0.25) is 0 Å². The Labute approximate surface area is 117 Å². The number of hydrogen-bond acceptors (Lipinski definition) is 4. The molecule has 0 amide bonds. The van der Waals surface area contributed by atoms with Gasteiger partial charge in [-0.25, -0.2) is 9.48 Å². The van der Waals surface area contributed by atoms with Crippen LogP contribution < -0.4 is 0 Å². The number of esters is 1. The van der Waals surface area contributed by atoms with Crippen molar-refractivity contribution in [2.45, 2.75) is 20.8 Å². The number of aryl methyl sites for hydroxylation is 2. The highest BCUT2D eigenvalue weighted by atomic mass is 16.5. The first kappa shape index (κ1) is 14.0. The predicted molar refractivity (Wildman–Crippen MR) is 74.4 cm³/mol. The maximum atomic E-state index is 11.7. The summed E-state index contributed by atoms with van der Waals surface area (Å²) in [5, 5.41) is 4.16. The van der Waals surface area contributed by atoms with Crippen LogP contribution in [0.15, 0.2) is 24.4 Å². The Kier molecular flexibility index (Phi) is 3.98. The number of nitrogens with zero attached hydrogens (tertiary/aromatic N) is 2.